The predicted octanol–water partition coefficient (Wildman–Crippen LogP) is -0.365. The summed E-state index contributed by atoms with van der Waals surface area (Å²) in [5.41, 5.74) is 0.550. The van der Waals surface area contributed by atoms with Crippen molar-refractivity contribution in [3.8, 4) is 0 Å². The fourth-order valence-corrected chi connectivity index (χ4v) is 1.56. The molecule has 0 aliphatic rings. The van der Waals surface area contributed by atoms with Crippen molar-refractivity contribution in [2.24, 2.45) is 0 Å². The van der Waals surface area contributed by atoms with Gasteiger partial charge in [0.1, 0.15) is 0 Å². The van der Waals surface area contributed by atoms with E-state index in [2.05, 4.69) is 14.8 Å². The third kappa shape index (κ3) is 9.98. The second-order valence-electron chi connectivity index (χ2n) is 3.60. The van der Waals surface area contributed by atoms with Gasteiger partial charge in [0.25, 0.3) is 0 Å². The van der Waals surface area contributed by atoms with Gasteiger partial charge in [0, 0.05) is 18.7 Å². The van der Waals surface area contributed by atoms with Crippen LogP contribution in [0.15, 0.2) is 11.6 Å². The Labute approximate surface area is 102 Å². The van der Waals surface area contributed by atoms with Gasteiger partial charge in [-0.2, -0.15) is 0 Å². The number of hydrogen-bond acceptors (Lipinski definition) is 5. The first-order chi connectivity index (χ1) is 7.87. The molecule has 0 saturated heterocycles. The van der Waals surface area contributed by atoms with Gasteiger partial charge in [0.05, 0.1) is 13.4 Å². The molecule has 0 rings (SSSR count). The summed E-state index contributed by atoms with van der Waals surface area (Å²) < 4.78 is 28.4. The zero-order chi connectivity index (χ0) is 13.3. The first-order valence-electron chi connectivity index (χ1n) is 5.27. The highest BCUT2D eigenvalue weighted by molar-refractivity contribution is 7.88. The number of carbonyl (C=O) groups excluding carboxylic acids is 1. The highest BCUT2D eigenvalue weighted by atomic mass is 32.2. The van der Waals surface area contributed by atoms with Gasteiger partial charge in [0.15, 0.2) is 0 Å². The molecule has 0 spiro atoms. The standard InChI is InChI=1S/C10H20N2O4S/c1-9(10(13)16-2)5-8-11-6-4-7-12-17(3,14)15/h5,11-12H,4,6-8H2,1-3H3. The number of hydrogen-bond donors (Lipinski definition) is 2. The summed E-state index contributed by atoms with van der Waals surface area (Å²) in [6.45, 7) is 3.32. The lowest BCUT2D eigenvalue weighted by atomic mass is 10.3. The third-order valence-corrected chi connectivity index (χ3v) is 2.68. The predicted molar refractivity (Wildman–Crippen MR) is 66.1 cm³/mol. The topological polar surface area (TPSA) is 84.5 Å². The second kappa shape index (κ2) is 8.21. The highest BCUT2D eigenvalue weighted by Gasteiger charge is 2.01. The number of methoxy groups -OCH3 is 1. The minimum Gasteiger partial charge on any atom is -0.466 e. The molecule has 0 fully saturated rings. The quantitative estimate of drug-likeness (QED) is 0.355. The van der Waals surface area contributed by atoms with Crippen molar-refractivity contribution in [2.75, 3.05) is 33.0 Å². The molecule has 0 saturated carbocycles. The molecule has 0 aromatic heterocycles. The monoisotopic (exact) mass is 264 g/mol. The van der Waals surface area contributed by atoms with Crippen LogP contribution >= 0.6 is 0 Å². The molecule has 0 aliphatic heterocycles. The Bertz CT molecular complexity index is 363. The molecule has 6 nitrogen and oxygen atoms in total. The average molecular weight is 264 g/mol. The van der Waals surface area contributed by atoms with Crippen LogP contribution in [0.5, 0.6) is 0 Å². The largest absolute Gasteiger partial charge is 0.466 e. The van der Waals surface area contributed by atoms with E-state index >= 15 is 0 Å². The zero-order valence-electron chi connectivity index (χ0n) is 10.4. The van der Waals surface area contributed by atoms with Gasteiger partial charge >= 0.3 is 5.97 Å². The van der Waals surface area contributed by atoms with E-state index in [4.69, 9.17) is 0 Å². The van der Waals surface area contributed by atoms with Crippen LogP contribution in [-0.2, 0) is 19.6 Å². The minimum atomic E-state index is -3.10. The average Bonchev–Trinajstić information content (AvgIpc) is 2.24. The SMILES string of the molecule is COC(=O)C(C)=CCNCCCNS(C)(=O)=O. The Morgan fingerprint density at radius 1 is 1.35 bits per heavy atom. The molecule has 0 aliphatic carbocycles. The van der Waals surface area contributed by atoms with Gasteiger partial charge < -0.3 is 10.1 Å². The van der Waals surface area contributed by atoms with Crippen molar-refractivity contribution in [1.82, 2.24) is 10.0 Å². The van der Waals surface area contributed by atoms with Crippen LogP contribution in [0.3, 0.4) is 0 Å². The molecule has 17 heavy (non-hydrogen) atoms. The highest BCUT2D eigenvalue weighted by Crippen LogP contribution is 1.93. The van der Waals surface area contributed by atoms with Gasteiger partial charge in [-0.1, -0.05) is 6.08 Å². The summed E-state index contributed by atoms with van der Waals surface area (Å²) in [7, 11) is -1.76. The molecule has 0 aromatic carbocycles. The molecular formula is C10H20N2O4S. The van der Waals surface area contributed by atoms with Gasteiger partial charge in [-0.3, -0.25) is 0 Å². The minimum absolute atomic E-state index is 0.342. The molecule has 0 aromatic rings. The summed E-state index contributed by atoms with van der Waals surface area (Å²) in [5.74, 6) is -0.342. The Hall–Kier alpha value is -0.920. The fourth-order valence-electron chi connectivity index (χ4n) is 1.04. The molecule has 100 valence electrons. The van der Waals surface area contributed by atoms with Crippen molar-refractivity contribution in [3.05, 3.63) is 11.6 Å². The van der Waals surface area contributed by atoms with E-state index in [0.29, 0.717) is 31.6 Å². The third-order valence-electron chi connectivity index (χ3n) is 1.95. The van der Waals surface area contributed by atoms with Crippen LogP contribution in [0.25, 0.3) is 0 Å². The van der Waals surface area contributed by atoms with Crippen molar-refractivity contribution < 1.29 is 17.9 Å². The number of carbonyl (C=O) groups is 1. The van der Waals surface area contributed by atoms with E-state index in [1.165, 1.54) is 7.11 Å². The second-order valence-corrected chi connectivity index (χ2v) is 5.44. The van der Waals surface area contributed by atoms with Crippen LogP contribution in [0.2, 0.25) is 0 Å². The normalized spacial score (nSPS) is 12.5. The first-order valence-corrected chi connectivity index (χ1v) is 7.16. The lowest BCUT2D eigenvalue weighted by Crippen LogP contribution is -2.26. The first kappa shape index (κ1) is 16.1. The molecule has 0 bridgehead atoms. The molecule has 7 heteroatoms. The van der Waals surface area contributed by atoms with Crippen molar-refractivity contribution in [2.45, 2.75) is 13.3 Å². The molecule has 0 unspecified atom stereocenters. The number of rotatable bonds is 8. The molecule has 0 atom stereocenters. The van der Waals surface area contributed by atoms with E-state index in [-0.39, 0.29) is 5.97 Å². The summed E-state index contributed by atoms with van der Waals surface area (Å²) >= 11 is 0. The van der Waals surface area contributed by atoms with Gasteiger partial charge in [-0.15, -0.1) is 0 Å². The van der Waals surface area contributed by atoms with Gasteiger partial charge in [0.2, 0.25) is 10.0 Å². The molecule has 2 N–H and O–H groups in total. The van der Waals surface area contributed by atoms with Crippen molar-refractivity contribution in [1.29, 1.82) is 0 Å². The Morgan fingerprint density at radius 3 is 2.53 bits per heavy atom. The van der Waals surface area contributed by atoms with Gasteiger partial charge in [-0.05, 0) is 19.9 Å². The molecule has 0 amide bonds. The lowest BCUT2D eigenvalue weighted by molar-refractivity contribution is -0.136. The Kier molecular flexibility index (Phi) is 7.77. The van der Waals surface area contributed by atoms with Crippen LogP contribution in [-0.4, -0.2) is 47.4 Å². The van der Waals surface area contributed by atoms with Crippen LogP contribution in [0, 0.1) is 0 Å². The van der Waals surface area contributed by atoms with E-state index in [0.717, 1.165) is 6.26 Å². The van der Waals surface area contributed by atoms with Crippen molar-refractivity contribution >= 4 is 16.0 Å². The summed E-state index contributed by atoms with van der Waals surface area (Å²) in [6.07, 6.45) is 3.55. The Balaban J connectivity index is 3.56. The van der Waals surface area contributed by atoms with Crippen LogP contribution < -0.4 is 10.0 Å². The van der Waals surface area contributed by atoms with Crippen LogP contribution in [0.4, 0.5) is 0 Å². The maximum Gasteiger partial charge on any atom is 0.333 e. The number of esters is 1. The summed E-state index contributed by atoms with van der Waals surface area (Å²) in [5, 5.41) is 3.06. The number of sulfonamides is 1. The number of ether oxygens (including phenoxy) is 1. The van der Waals surface area contributed by atoms with E-state index in [1.54, 1.807) is 13.0 Å². The van der Waals surface area contributed by atoms with Crippen LogP contribution in [0.1, 0.15) is 13.3 Å². The summed E-state index contributed by atoms with van der Waals surface area (Å²) in [6, 6.07) is 0. The fraction of sp³-hybridized carbons (Fsp3) is 0.700. The molecular weight excluding hydrogens is 244 g/mol. The molecule has 0 radical (unpaired) electrons. The molecule has 0 heterocycles. The summed E-state index contributed by atoms with van der Waals surface area (Å²) in [4.78, 5) is 11.0. The maximum atomic E-state index is 11.0. The maximum absolute atomic E-state index is 11.0. The Morgan fingerprint density at radius 2 is 2.00 bits per heavy atom. The van der Waals surface area contributed by atoms with E-state index < -0.39 is 10.0 Å². The van der Waals surface area contributed by atoms with E-state index in [9.17, 15) is 13.2 Å². The smallest absolute Gasteiger partial charge is 0.333 e. The van der Waals surface area contributed by atoms with Crippen molar-refractivity contribution in [3.63, 3.8) is 0 Å². The van der Waals surface area contributed by atoms with E-state index in [1.807, 2.05) is 0 Å². The lowest BCUT2D eigenvalue weighted by Gasteiger charge is -2.03. The zero-order valence-corrected chi connectivity index (χ0v) is 11.3. The number of nitrogens with one attached hydrogen (secondary N) is 2. The van der Waals surface area contributed by atoms with Gasteiger partial charge in [-0.25, -0.2) is 17.9 Å².